The lowest BCUT2D eigenvalue weighted by molar-refractivity contribution is -0.150. The molecule has 34 heavy (non-hydrogen) atoms. The molecule has 2 aromatic carbocycles. The number of ether oxygens (including phenoxy) is 2. The number of rotatable bonds is 5. The number of nitrogens with one attached hydrogen (secondary N) is 1. The van der Waals surface area contributed by atoms with Crippen LogP contribution < -0.4 is 0 Å². The minimum atomic E-state index is -0.799. The van der Waals surface area contributed by atoms with Gasteiger partial charge in [-0.05, 0) is 42.7 Å². The molecule has 3 aromatic rings. The molecule has 1 aromatic heterocycles. The number of piperidine rings is 1. The molecule has 2 amide bonds. The first-order chi connectivity index (χ1) is 16.5. The Morgan fingerprint density at radius 1 is 1.09 bits per heavy atom. The molecule has 1 N–H and O–H groups in total. The van der Waals surface area contributed by atoms with E-state index in [1.54, 1.807) is 17.0 Å². The average molecular weight is 465 g/mol. The summed E-state index contributed by atoms with van der Waals surface area (Å²) < 4.78 is 24.1. The van der Waals surface area contributed by atoms with Crippen molar-refractivity contribution in [3.05, 3.63) is 71.7 Å². The number of hydrogen-bond donors (Lipinski definition) is 1. The molecule has 3 heterocycles. The highest BCUT2D eigenvalue weighted by atomic mass is 19.1. The molecule has 0 saturated carbocycles. The number of carbonyl (C=O) groups is 3. The van der Waals surface area contributed by atoms with Gasteiger partial charge in [0, 0.05) is 30.0 Å². The van der Waals surface area contributed by atoms with Crippen molar-refractivity contribution in [3.8, 4) is 0 Å². The lowest BCUT2D eigenvalue weighted by Gasteiger charge is -2.37. The second-order valence-electron chi connectivity index (χ2n) is 8.53. The zero-order chi connectivity index (χ0) is 23.7. The Bertz CT molecular complexity index is 1220. The van der Waals surface area contributed by atoms with Crippen LogP contribution in [0.3, 0.4) is 0 Å². The van der Waals surface area contributed by atoms with Gasteiger partial charge >= 0.3 is 12.1 Å². The maximum atomic E-state index is 13.5. The maximum absolute atomic E-state index is 13.5. The second kappa shape index (κ2) is 9.17. The fourth-order valence-electron chi connectivity index (χ4n) is 4.58. The quantitative estimate of drug-likeness (QED) is 0.583. The number of aromatic nitrogens is 1. The van der Waals surface area contributed by atoms with E-state index in [1.165, 1.54) is 17.0 Å². The predicted molar refractivity (Wildman–Crippen MR) is 120 cm³/mol. The van der Waals surface area contributed by atoms with Crippen LogP contribution in [0.4, 0.5) is 9.18 Å². The topological polar surface area (TPSA) is 91.9 Å². The summed E-state index contributed by atoms with van der Waals surface area (Å²) in [7, 11) is 0. The molecule has 2 saturated heterocycles. The van der Waals surface area contributed by atoms with Crippen molar-refractivity contribution >= 4 is 28.9 Å². The minimum absolute atomic E-state index is 0.0444. The van der Waals surface area contributed by atoms with Crippen LogP contribution >= 0.6 is 0 Å². The minimum Gasteiger partial charge on any atom is -0.459 e. The van der Waals surface area contributed by atoms with Gasteiger partial charge in [0.25, 0.3) is 5.91 Å². The van der Waals surface area contributed by atoms with E-state index in [4.69, 9.17) is 9.47 Å². The summed E-state index contributed by atoms with van der Waals surface area (Å²) in [6.45, 7) is 0.919. The van der Waals surface area contributed by atoms with E-state index in [-0.39, 0.29) is 31.0 Å². The molecule has 0 spiro atoms. The molecule has 9 heteroatoms. The lowest BCUT2D eigenvalue weighted by atomic mass is 10.0. The number of carbonyl (C=O) groups excluding carboxylic acids is 3. The zero-order valence-electron chi connectivity index (χ0n) is 18.4. The fourth-order valence-corrected chi connectivity index (χ4v) is 4.58. The van der Waals surface area contributed by atoms with E-state index in [9.17, 15) is 18.8 Å². The van der Waals surface area contributed by atoms with Crippen molar-refractivity contribution in [2.45, 2.75) is 31.5 Å². The van der Waals surface area contributed by atoms with Gasteiger partial charge in [-0.15, -0.1) is 0 Å². The van der Waals surface area contributed by atoms with Gasteiger partial charge in [-0.2, -0.15) is 0 Å². The molecule has 2 fully saturated rings. The first-order valence-corrected chi connectivity index (χ1v) is 11.2. The standard InChI is InChI=1S/C25H24FN3O5/c26-18-6-7-20-17(12-18)13-21(27-20)23(30)28-10-8-19(9-11-28)29-22(15-34-25(29)32)24(31)33-14-16-4-2-1-3-5-16/h1-7,12-13,19,22,27H,8-11,14-15H2. The number of halogens is 1. The van der Waals surface area contributed by atoms with Crippen LogP contribution in [0.25, 0.3) is 10.9 Å². The second-order valence-corrected chi connectivity index (χ2v) is 8.53. The van der Waals surface area contributed by atoms with Gasteiger partial charge in [0.1, 0.15) is 24.7 Å². The number of benzene rings is 2. The number of amides is 2. The summed E-state index contributed by atoms with van der Waals surface area (Å²) in [6.07, 6.45) is 0.486. The van der Waals surface area contributed by atoms with Gasteiger partial charge in [-0.1, -0.05) is 30.3 Å². The first kappa shape index (κ1) is 21.9. The monoisotopic (exact) mass is 465 g/mol. The zero-order valence-corrected chi connectivity index (χ0v) is 18.4. The van der Waals surface area contributed by atoms with Crippen LogP contribution in [0.5, 0.6) is 0 Å². The SMILES string of the molecule is O=C(OCc1ccccc1)C1COC(=O)N1C1CCN(C(=O)c2cc3cc(F)ccc3[nH]2)CC1. The Hall–Kier alpha value is -3.88. The fraction of sp³-hybridized carbons (Fsp3) is 0.320. The molecule has 5 rings (SSSR count). The maximum Gasteiger partial charge on any atom is 0.410 e. The van der Waals surface area contributed by atoms with Crippen LogP contribution in [-0.2, 0) is 20.9 Å². The largest absolute Gasteiger partial charge is 0.459 e. The lowest BCUT2D eigenvalue weighted by Crippen LogP contribution is -2.52. The van der Waals surface area contributed by atoms with Gasteiger partial charge < -0.3 is 19.4 Å². The summed E-state index contributed by atoms with van der Waals surface area (Å²) in [6, 6.07) is 14.3. The Kier molecular flexibility index (Phi) is 5.91. The van der Waals surface area contributed by atoms with Crippen molar-refractivity contribution in [3.63, 3.8) is 0 Å². The molecule has 8 nitrogen and oxygen atoms in total. The number of aromatic amines is 1. The molecule has 176 valence electrons. The summed E-state index contributed by atoms with van der Waals surface area (Å²) in [4.78, 5) is 44.3. The summed E-state index contributed by atoms with van der Waals surface area (Å²) in [5.41, 5.74) is 1.94. The highest BCUT2D eigenvalue weighted by molar-refractivity contribution is 5.98. The molecule has 1 atom stereocenters. The Balaban J connectivity index is 1.20. The Morgan fingerprint density at radius 2 is 1.85 bits per heavy atom. The Labute approximate surface area is 195 Å². The van der Waals surface area contributed by atoms with E-state index in [0.29, 0.717) is 42.5 Å². The van der Waals surface area contributed by atoms with Gasteiger partial charge in [0.2, 0.25) is 0 Å². The smallest absolute Gasteiger partial charge is 0.410 e. The molecule has 2 aliphatic heterocycles. The van der Waals surface area contributed by atoms with Crippen molar-refractivity contribution in [1.82, 2.24) is 14.8 Å². The molecular formula is C25H24FN3O5. The Morgan fingerprint density at radius 3 is 2.62 bits per heavy atom. The summed E-state index contributed by atoms with van der Waals surface area (Å²) in [5.74, 6) is -1.04. The van der Waals surface area contributed by atoms with Crippen LogP contribution in [0.1, 0.15) is 28.9 Å². The number of likely N-dealkylation sites (tertiary alicyclic amines) is 1. The average Bonchev–Trinajstić information content (AvgIpc) is 3.46. The van der Waals surface area contributed by atoms with Crippen molar-refractivity contribution in [1.29, 1.82) is 0 Å². The van der Waals surface area contributed by atoms with Crippen molar-refractivity contribution in [2.75, 3.05) is 19.7 Å². The number of cyclic esters (lactones) is 1. The molecule has 2 aliphatic rings. The van der Waals surface area contributed by atoms with E-state index in [2.05, 4.69) is 4.98 Å². The van der Waals surface area contributed by atoms with E-state index in [0.717, 1.165) is 5.56 Å². The highest BCUT2D eigenvalue weighted by Gasteiger charge is 2.44. The molecule has 1 unspecified atom stereocenters. The molecular weight excluding hydrogens is 441 g/mol. The number of fused-ring (bicyclic) bond motifs is 1. The molecule has 0 bridgehead atoms. The third-order valence-electron chi connectivity index (χ3n) is 6.37. The molecule has 0 radical (unpaired) electrons. The summed E-state index contributed by atoms with van der Waals surface area (Å²) in [5, 5.41) is 0.634. The van der Waals surface area contributed by atoms with Gasteiger partial charge in [0.15, 0.2) is 6.04 Å². The van der Waals surface area contributed by atoms with Gasteiger partial charge in [-0.3, -0.25) is 9.69 Å². The summed E-state index contributed by atoms with van der Waals surface area (Å²) >= 11 is 0. The van der Waals surface area contributed by atoms with Crippen LogP contribution in [0.15, 0.2) is 54.6 Å². The van der Waals surface area contributed by atoms with Crippen molar-refractivity contribution in [2.24, 2.45) is 0 Å². The number of esters is 1. The molecule has 0 aliphatic carbocycles. The van der Waals surface area contributed by atoms with E-state index < -0.39 is 18.1 Å². The normalized spacial score (nSPS) is 18.9. The van der Waals surface area contributed by atoms with Gasteiger partial charge in [-0.25, -0.2) is 14.0 Å². The van der Waals surface area contributed by atoms with Gasteiger partial charge in [0.05, 0.1) is 0 Å². The number of hydrogen-bond acceptors (Lipinski definition) is 5. The number of nitrogens with zero attached hydrogens (tertiary/aromatic N) is 2. The van der Waals surface area contributed by atoms with Crippen LogP contribution in [0, 0.1) is 5.82 Å². The van der Waals surface area contributed by atoms with Crippen LogP contribution in [-0.4, -0.2) is 64.5 Å². The van der Waals surface area contributed by atoms with E-state index >= 15 is 0 Å². The third-order valence-corrected chi connectivity index (χ3v) is 6.37. The first-order valence-electron chi connectivity index (χ1n) is 11.2. The van der Waals surface area contributed by atoms with E-state index in [1.807, 2.05) is 30.3 Å². The highest BCUT2D eigenvalue weighted by Crippen LogP contribution is 2.26. The third kappa shape index (κ3) is 4.33. The predicted octanol–water partition coefficient (Wildman–Crippen LogP) is 3.48. The number of H-pyrrole nitrogens is 1. The van der Waals surface area contributed by atoms with Crippen molar-refractivity contribution < 1.29 is 28.2 Å². The van der Waals surface area contributed by atoms with Crippen LogP contribution in [0.2, 0.25) is 0 Å².